The van der Waals surface area contributed by atoms with Crippen LogP contribution in [0.25, 0.3) is 0 Å². The SMILES string of the molecule is COc1ccc(N/N=C2\CCN(CCN(C)C)c3nc(C)ccc32)cc1. The van der Waals surface area contributed by atoms with E-state index in [9.17, 15) is 0 Å². The molecule has 1 aromatic carbocycles. The Morgan fingerprint density at radius 2 is 1.96 bits per heavy atom. The summed E-state index contributed by atoms with van der Waals surface area (Å²) < 4.78 is 5.19. The number of likely N-dealkylation sites (N-methyl/N-ethyl adjacent to an activating group) is 1. The van der Waals surface area contributed by atoms with Gasteiger partial charge >= 0.3 is 0 Å². The molecule has 138 valence electrons. The molecule has 0 aliphatic carbocycles. The van der Waals surface area contributed by atoms with Gasteiger partial charge in [-0.2, -0.15) is 5.10 Å². The smallest absolute Gasteiger partial charge is 0.138 e. The number of nitrogens with zero attached hydrogens (tertiary/aromatic N) is 4. The normalized spacial score (nSPS) is 15.3. The molecule has 1 aliphatic heterocycles. The molecule has 2 heterocycles. The third kappa shape index (κ3) is 4.32. The first-order chi connectivity index (χ1) is 12.6. The van der Waals surface area contributed by atoms with Crippen molar-refractivity contribution in [2.45, 2.75) is 13.3 Å². The van der Waals surface area contributed by atoms with E-state index in [1.54, 1.807) is 7.11 Å². The maximum absolute atomic E-state index is 5.19. The van der Waals surface area contributed by atoms with Crippen molar-refractivity contribution in [3.63, 3.8) is 0 Å². The van der Waals surface area contributed by atoms with Gasteiger partial charge in [0, 0.05) is 37.3 Å². The van der Waals surface area contributed by atoms with Gasteiger partial charge in [0.25, 0.3) is 0 Å². The number of aromatic nitrogens is 1. The van der Waals surface area contributed by atoms with Gasteiger partial charge in [-0.1, -0.05) is 0 Å². The lowest BCUT2D eigenvalue weighted by Crippen LogP contribution is -2.38. The first-order valence-corrected chi connectivity index (χ1v) is 8.91. The molecule has 0 fully saturated rings. The van der Waals surface area contributed by atoms with Crippen LogP contribution in [0.4, 0.5) is 11.5 Å². The minimum absolute atomic E-state index is 0.836. The number of aryl methyl sites for hydroxylation is 1. The van der Waals surface area contributed by atoms with Crippen LogP contribution in [0, 0.1) is 6.92 Å². The lowest BCUT2D eigenvalue weighted by molar-refractivity contribution is 0.412. The van der Waals surface area contributed by atoms with Gasteiger partial charge in [0.05, 0.1) is 18.5 Å². The predicted molar refractivity (Wildman–Crippen MR) is 108 cm³/mol. The van der Waals surface area contributed by atoms with Crippen LogP contribution < -0.4 is 15.1 Å². The molecule has 0 saturated heterocycles. The topological polar surface area (TPSA) is 53.0 Å². The molecule has 1 N–H and O–H groups in total. The Morgan fingerprint density at radius 3 is 2.65 bits per heavy atom. The van der Waals surface area contributed by atoms with Gasteiger partial charge in [-0.25, -0.2) is 4.98 Å². The first-order valence-electron chi connectivity index (χ1n) is 8.91. The second-order valence-electron chi connectivity index (χ2n) is 6.76. The molecule has 0 saturated carbocycles. The fraction of sp³-hybridized carbons (Fsp3) is 0.400. The number of hydrogen-bond donors (Lipinski definition) is 1. The quantitative estimate of drug-likeness (QED) is 0.809. The molecule has 0 bridgehead atoms. The number of fused-ring (bicyclic) bond motifs is 1. The molecule has 3 rings (SSSR count). The fourth-order valence-electron chi connectivity index (χ4n) is 2.94. The summed E-state index contributed by atoms with van der Waals surface area (Å²) in [5.41, 5.74) is 7.29. The average Bonchev–Trinajstić information content (AvgIpc) is 2.65. The number of ether oxygens (including phenoxy) is 1. The van der Waals surface area contributed by atoms with Crippen LogP contribution in [0.2, 0.25) is 0 Å². The number of pyridine rings is 1. The Bertz CT molecular complexity index is 770. The van der Waals surface area contributed by atoms with Crippen molar-refractivity contribution >= 4 is 17.2 Å². The van der Waals surface area contributed by atoms with Crippen LogP contribution in [-0.4, -0.2) is 56.4 Å². The molecule has 0 unspecified atom stereocenters. The van der Waals surface area contributed by atoms with Gasteiger partial charge in [-0.15, -0.1) is 0 Å². The summed E-state index contributed by atoms with van der Waals surface area (Å²) >= 11 is 0. The van der Waals surface area contributed by atoms with E-state index in [1.165, 1.54) is 0 Å². The van der Waals surface area contributed by atoms with Crippen molar-refractivity contribution in [3.05, 3.63) is 47.7 Å². The summed E-state index contributed by atoms with van der Waals surface area (Å²) in [6, 6.07) is 12.0. The third-order valence-electron chi connectivity index (χ3n) is 4.47. The average molecular weight is 353 g/mol. The Hall–Kier alpha value is -2.60. The van der Waals surface area contributed by atoms with Crippen LogP contribution in [0.3, 0.4) is 0 Å². The molecule has 2 aromatic rings. The van der Waals surface area contributed by atoms with E-state index in [4.69, 9.17) is 9.72 Å². The predicted octanol–water partition coefficient (Wildman–Crippen LogP) is 2.99. The number of anilines is 2. The summed E-state index contributed by atoms with van der Waals surface area (Å²) in [4.78, 5) is 9.34. The van der Waals surface area contributed by atoms with Crippen LogP contribution in [0.5, 0.6) is 5.75 Å². The number of methoxy groups -OCH3 is 1. The van der Waals surface area contributed by atoms with Gasteiger partial charge in [-0.3, -0.25) is 5.43 Å². The molecule has 0 atom stereocenters. The fourth-order valence-corrected chi connectivity index (χ4v) is 2.94. The Balaban J connectivity index is 1.80. The maximum atomic E-state index is 5.19. The van der Waals surface area contributed by atoms with E-state index in [1.807, 2.05) is 31.2 Å². The van der Waals surface area contributed by atoms with E-state index in [-0.39, 0.29) is 0 Å². The maximum Gasteiger partial charge on any atom is 0.138 e. The second kappa shape index (κ2) is 8.19. The lowest BCUT2D eigenvalue weighted by Gasteiger charge is -2.31. The zero-order valence-corrected chi connectivity index (χ0v) is 16.0. The number of rotatable bonds is 6. The highest BCUT2D eigenvalue weighted by atomic mass is 16.5. The van der Waals surface area contributed by atoms with Crippen molar-refractivity contribution in [2.75, 3.05) is 51.2 Å². The summed E-state index contributed by atoms with van der Waals surface area (Å²) in [5, 5.41) is 4.66. The summed E-state index contributed by atoms with van der Waals surface area (Å²) in [6.45, 7) is 4.94. The standard InChI is InChI=1S/C20H27N5O/c1-15-5-10-18-19(23-22-16-6-8-17(26-4)9-7-16)11-12-25(20(18)21-15)14-13-24(2)3/h5-10,22H,11-14H2,1-4H3/b23-19+. The van der Waals surface area contributed by atoms with Crippen molar-refractivity contribution in [2.24, 2.45) is 5.10 Å². The number of nitrogens with one attached hydrogen (secondary N) is 1. The van der Waals surface area contributed by atoms with Gasteiger partial charge in [0.2, 0.25) is 0 Å². The summed E-state index contributed by atoms with van der Waals surface area (Å²) in [5.74, 6) is 1.87. The van der Waals surface area contributed by atoms with Crippen LogP contribution in [0.15, 0.2) is 41.5 Å². The second-order valence-corrected chi connectivity index (χ2v) is 6.76. The van der Waals surface area contributed by atoms with Crippen molar-refractivity contribution in [1.29, 1.82) is 0 Å². The monoisotopic (exact) mass is 353 g/mol. The first kappa shape index (κ1) is 18.2. The molecule has 1 aliphatic rings. The Labute approximate surface area is 155 Å². The molecule has 0 spiro atoms. The molecule has 6 nitrogen and oxygen atoms in total. The van der Waals surface area contributed by atoms with E-state index in [0.717, 1.165) is 60.3 Å². The number of benzene rings is 1. The van der Waals surface area contributed by atoms with E-state index in [2.05, 4.69) is 46.6 Å². The van der Waals surface area contributed by atoms with Gasteiger partial charge in [0.1, 0.15) is 11.6 Å². The van der Waals surface area contributed by atoms with Crippen molar-refractivity contribution in [3.8, 4) is 5.75 Å². The molecule has 0 amide bonds. The molecule has 1 aromatic heterocycles. The minimum atomic E-state index is 0.836. The molecule has 26 heavy (non-hydrogen) atoms. The Kier molecular flexibility index (Phi) is 5.73. The highest BCUT2D eigenvalue weighted by Gasteiger charge is 2.23. The zero-order chi connectivity index (χ0) is 18.5. The molecular formula is C20H27N5O. The molecule has 0 radical (unpaired) electrons. The summed E-state index contributed by atoms with van der Waals surface area (Å²) in [6.07, 6.45) is 0.897. The summed E-state index contributed by atoms with van der Waals surface area (Å²) in [7, 11) is 5.86. The number of hydrogen-bond acceptors (Lipinski definition) is 6. The van der Waals surface area contributed by atoms with Crippen molar-refractivity contribution in [1.82, 2.24) is 9.88 Å². The van der Waals surface area contributed by atoms with Gasteiger partial charge in [0.15, 0.2) is 0 Å². The van der Waals surface area contributed by atoms with E-state index in [0.29, 0.717) is 0 Å². The lowest BCUT2D eigenvalue weighted by atomic mass is 10.0. The van der Waals surface area contributed by atoms with Crippen LogP contribution >= 0.6 is 0 Å². The Morgan fingerprint density at radius 1 is 1.19 bits per heavy atom. The van der Waals surface area contributed by atoms with E-state index < -0.39 is 0 Å². The van der Waals surface area contributed by atoms with Gasteiger partial charge < -0.3 is 14.5 Å². The highest BCUT2D eigenvalue weighted by molar-refractivity contribution is 6.06. The third-order valence-corrected chi connectivity index (χ3v) is 4.47. The van der Waals surface area contributed by atoms with Crippen LogP contribution in [0.1, 0.15) is 17.7 Å². The molecular weight excluding hydrogens is 326 g/mol. The largest absolute Gasteiger partial charge is 0.497 e. The van der Waals surface area contributed by atoms with Crippen LogP contribution in [-0.2, 0) is 0 Å². The van der Waals surface area contributed by atoms with E-state index >= 15 is 0 Å². The minimum Gasteiger partial charge on any atom is -0.497 e. The van der Waals surface area contributed by atoms with Gasteiger partial charge in [-0.05, 0) is 57.4 Å². The van der Waals surface area contributed by atoms with Crippen molar-refractivity contribution < 1.29 is 4.74 Å². The highest BCUT2D eigenvalue weighted by Crippen LogP contribution is 2.26. The number of hydrazone groups is 1. The zero-order valence-electron chi connectivity index (χ0n) is 16.0. The molecule has 6 heteroatoms.